The first-order chi connectivity index (χ1) is 14.3. The molecule has 6 nitrogen and oxygen atoms in total. The highest BCUT2D eigenvalue weighted by Crippen LogP contribution is 2.39. The number of carbonyl (C=O) groups excluding carboxylic acids is 2. The first-order valence-electron chi connectivity index (χ1n) is 9.84. The van der Waals surface area contributed by atoms with Gasteiger partial charge in [0.15, 0.2) is 0 Å². The molecule has 2 amide bonds. The Morgan fingerprint density at radius 3 is 2.60 bits per heavy atom. The van der Waals surface area contributed by atoms with Crippen LogP contribution in [0.2, 0.25) is 10.0 Å². The van der Waals surface area contributed by atoms with Gasteiger partial charge in [0.05, 0.1) is 12.5 Å². The zero-order chi connectivity index (χ0) is 21.7. The number of benzene rings is 2. The molecule has 0 spiro atoms. The summed E-state index contributed by atoms with van der Waals surface area (Å²) in [6.45, 7) is 1.28. The van der Waals surface area contributed by atoms with Crippen molar-refractivity contribution in [1.29, 1.82) is 0 Å². The van der Waals surface area contributed by atoms with E-state index in [1.807, 2.05) is 49.3 Å². The summed E-state index contributed by atoms with van der Waals surface area (Å²) in [5, 5.41) is 10.1. The molecular formula is C22H26Cl2N4O2. The topological polar surface area (TPSA) is 73.5 Å². The Labute approximate surface area is 186 Å². The first kappa shape index (κ1) is 22.4. The maximum Gasteiger partial charge on any atom is 0.242 e. The summed E-state index contributed by atoms with van der Waals surface area (Å²) in [4.78, 5) is 27.4. The molecular weight excluding hydrogens is 423 g/mol. The van der Waals surface area contributed by atoms with Gasteiger partial charge in [-0.15, -0.1) is 0 Å². The van der Waals surface area contributed by atoms with Gasteiger partial charge in [-0.25, -0.2) is 0 Å². The summed E-state index contributed by atoms with van der Waals surface area (Å²) in [7, 11) is 3.90. The van der Waals surface area contributed by atoms with Gasteiger partial charge in [0, 0.05) is 40.8 Å². The first-order valence-corrected chi connectivity index (χ1v) is 10.6. The summed E-state index contributed by atoms with van der Waals surface area (Å²) >= 11 is 12.6. The second-order valence-corrected chi connectivity index (χ2v) is 8.50. The Morgan fingerprint density at radius 2 is 1.90 bits per heavy atom. The Balaban J connectivity index is 1.76. The Hall–Kier alpha value is -2.28. The Morgan fingerprint density at radius 1 is 1.17 bits per heavy atom. The molecule has 0 saturated heterocycles. The van der Waals surface area contributed by atoms with Crippen molar-refractivity contribution in [3.05, 3.63) is 63.6 Å². The van der Waals surface area contributed by atoms with Crippen LogP contribution in [0.1, 0.15) is 23.6 Å². The number of halogens is 2. The highest BCUT2D eigenvalue weighted by molar-refractivity contribution is 6.35. The molecule has 2 unspecified atom stereocenters. The summed E-state index contributed by atoms with van der Waals surface area (Å²) in [6.07, 6.45) is 0.647. The van der Waals surface area contributed by atoms with E-state index in [0.717, 1.165) is 17.7 Å². The molecule has 8 heteroatoms. The third kappa shape index (κ3) is 5.88. The molecule has 3 N–H and O–H groups in total. The summed E-state index contributed by atoms with van der Waals surface area (Å²) < 4.78 is 0. The van der Waals surface area contributed by atoms with Crippen molar-refractivity contribution >= 4 is 40.7 Å². The molecule has 0 aromatic heterocycles. The number of anilines is 1. The van der Waals surface area contributed by atoms with Gasteiger partial charge in [-0.1, -0.05) is 53.5 Å². The third-order valence-corrected chi connectivity index (χ3v) is 5.49. The van der Waals surface area contributed by atoms with Crippen LogP contribution in [-0.2, 0) is 16.0 Å². The normalized spacial score (nSPS) is 17.8. The van der Waals surface area contributed by atoms with Crippen LogP contribution >= 0.6 is 23.2 Å². The molecule has 2 aromatic rings. The highest BCUT2D eigenvalue weighted by Gasteiger charge is 2.33. The molecule has 0 saturated carbocycles. The zero-order valence-corrected chi connectivity index (χ0v) is 18.6. The lowest BCUT2D eigenvalue weighted by Crippen LogP contribution is -2.47. The fourth-order valence-electron chi connectivity index (χ4n) is 3.51. The average molecular weight is 449 g/mol. The molecule has 0 aliphatic carbocycles. The van der Waals surface area contributed by atoms with Crippen LogP contribution in [0.5, 0.6) is 0 Å². The van der Waals surface area contributed by atoms with Crippen molar-refractivity contribution in [2.45, 2.75) is 24.9 Å². The quantitative estimate of drug-likeness (QED) is 0.607. The largest absolute Gasteiger partial charge is 0.373 e. The standard InChI is InChI=1S/C22H26Cl2N4O2/c1-28(2)9-8-25-22(30)19-13-18(21-16(24)11-15(23)12-17(21)26-19)27-20(29)10-14-6-4-3-5-7-14/h3-7,11-12,18-19,26H,8-10,13H2,1-2H3,(H,25,30)(H,27,29). The van der Waals surface area contributed by atoms with E-state index in [2.05, 4.69) is 16.0 Å². The monoisotopic (exact) mass is 448 g/mol. The van der Waals surface area contributed by atoms with Crippen LogP contribution in [0, 0.1) is 0 Å². The number of carbonyl (C=O) groups is 2. The van der Waals surface area contributed by atoms with E-state index in [0.29, 0.717) is 28.7 Å². The van der Waals surface area contributed by atoms with Crippen LogP contribution in [0.25, 0.3) is 0 Å². The predicted molar refractivity (Wildman–Crippen MR) is 121 cm³/mol. The van der Waals surface area contributed by atoms with Crippen molar-refractivity contribution in [1.82, 2.24) is 15.5 Å². The van der Waals surface area contributed by atoms with E-state index in [1.54, 1.807) is 12.1 Å². The number of nitrogens with one attached hydrogen (secondary N) is 3. The van der Waals surface area contributed by atoms with Crippen molar-refractivity contribution in [3.8, 4) is 0 Å². The summed E-state index contributed by atoms with van der Waals surface area (Å²) in [5.41, 5.74) is 2.33. The van der Waals surface area contributed by atoms with E-state index >= 15 is 0 Å². The second-order valence-electron chi connectivity index (χ2n) is 7.66. The van der Waals surface area contributed by atoms with E-state index in [9.17, 15) is 9.59 Å². The SMILES string of the molecule is CN(C)CCNC(=O)C1CC(NC(=O)Cc2ccccc2)c2c(Cl)cc(Cl)cc2N1. The molecule has 1 aliphatic heterocycles. The van der Waals surface area contributed by atoms with E-state index in [1.165, 1.54) is 0 Å². The molecule has 160 valence electrons. The van der Waals surface area contributed by atoms with Crippen LogP contribution < -0.4 is 16.0 Å². The number of hydrogen-bond donors (Lipinski definition) is 3. The molecule has 2 aromatic carbocycles. The van der Waals surface area contributed by atoms with Crippen molar-refractivity contribution in [2.75, 3.05) is 32.5 Å². The molecule has 2 atom stereocenters. The lowest BCUT2D eigenvalue weighted by molar-refractivity contribution is -0.124. The van der Waals surface area contributed by atoms with Crippen molar-refractivity contribution in [3.63, 3.8) is 0 Å². The maximum atomic E-state index is 12.7. The lowest BCUT2D eigenvalue weighted by Gasteiger charge is -2.34. The minimum Gasteiger partial charge on any atom is -0.373 e. The summed E-state index contributed by atoms with van der Waals surface area (Å²) in [6, 6.07) is 12.0. The maximum absolute atomic E-state index is 12.7. The number of rotatable bonds is 7. The number of nitrogens with zero attached hydrogens (tertiary/aromatic N) is 1. The Bertz CT molecular complexity index is 906. The van der Waals surface area contributed by atoms with Gasteiger partial charge < -0.3 is 20.9 Å². The van der Waals surface area contributed by atoms with E-state index < -0.39 is 12.1 Å². The van der Waals surface area contributed by atoms with Crippen molar-refractivity contribution in [2.24, 2.45) is 0 Å². The average Bonchev–Trinajstić information content (AvgIpc) is 2.67. The fraction of sp³-hybridized carbons (Fsp3) is 0.364. The smallest absolute Gasteiger partial charge is 0.242 e. The van der Waals surface area contributed by atoms with Gasteiger partial charge in [0.25, 0.3) is 0 Å². The van der Waals surface area contributed by atoms with Gasteiger partial charge in [-0.3, -0.25) is 9.59 Å². The summed E-state index contributed by atoms with van der Waals surface area (Å²) in [5.74, 6) is -0.252. The van der Waals surface area contributed by atoms with Crippen molar-refractivity contribution < 1.29 is 9.59 Å². The predicted octanol–water partition coefficient (Wildman–Crippen LogP) is 3.26. The van der Waals surface area contributed by atoms with Gasteiger partial charge in [-0.2, -0.15) is 0 Å². The van der Waals surface area contributed by atoms with Gasteiger partial charge >= 0.3 is 0 Å². The highest BCUT2D eigenvalue weighted by atomic mass is 35.5. The zero-order valence-electron chi connectivity index (χ0n) is 17.0. The third-order valence-electron chi connectivity index (χ3n) is 4.96. The van der Waals surface area contributed by atoms with Crippen LogP contribution in [0.3, 0.4) is 0 Å². The molecule has 30 heavy (non-hydrogen) atoms. The number of likely N-dealkylation sites (N-methyl/N-ethyl adjacent to an activating group) is 1. The molecule has 0 bridgehead atoms. The van der Waals surface area contributed by atoms with Gasteiger partial charge in [0.2, 0.25) is 11.8 Å². The fourth-order valence-corrected chi connectivity index (χ4v) is 4.14. The molecule has 3 rings (SSSR count). The minimum absolute atomic E-state index is 0.124. The lowest BCUT2D eigenvalue weighted by atomic mass is 9.92. The van der Waals surface area contributed by atoms with Crippen LogP contribution in [-0.4, -0.2) is 49.9 Å². The minimum atomic E-state index is -0.503. The second kappa shape index (κ2) is 10.2. The molecule has 0 fully saturated rings. The van der Waals surface area contributed by atoms with Gasteiger partial charge in [-0.05, 0) is 31.8 Å². The van der Waals surface area contributed by atoms with Crippen LogP contribution in [0.15, 0.2) is 42.5 Å². The van der Waals surface area contributed by atoms with E-state index in [-0.39, 0.29) is 18.2 Å². The number of amides is 2. The molecule has 1 aliphatic rings. The molecule has 0 radical (unpaired) electrons. The molecule has 1 heterocycles. The van der Waals surface area contributed by atoms with E-state index in [4.69, 9.17) is 23.2 Å². The number of fused-ring (bicyclic) bond motifs is 1. The number of hydrogen-bond acceptors (Lipinski definition) is 4. The van der Waals surface area contributed by atoms with Gasteiger partial charge in [0.1, 0.15) is 6.04 Å². The van der Waals surface area contributed by atoms with Crippen LogP contribution in [0.4, 0.5) is 5.69 Å². The Kier molecular flexibility index (Phi) is 7.58.